The first kappa shape index (κ1) is 24.4. The van der Waals surface area contributed by atoms with Crippen LogP contribution in [-0.2, 0) is 14.8 Å². The van der Waals surface area contributed by atoms with Crippen molar-refractivity contribution in [1.29, 1.82) is 0 Å². The van der Waals surface area contributed by atoms with Gasteiger partial charge in [0.2, 0.25) is 10.0 Å². The topological polar surface area (TPSA) is 99.8 Å². The molecule has 0 spiro atoms. The van der Waals surface area contributed by atoms with Crippen LogP contribution in [0.2, 0.25) is 0 Å². The average Bonchev–Trinajstić information content (AvgIpc) is 2.63. The van der Waals surface area contributed by atoms with Gasteiger partial charge in [0.15, 0.2) is 0 Å². The molecule has 1 heterocycles. The molecule has 1 fully saturated rings. The zero-order valence-corrected chi connectivity index (χ0v) is 19.7. The summed E-state index contributed by atoms with van der Waals surface area (Å²) in [4.78, 5) is 14.4. The summed E-state index contributed by atoms with van der Waals surface area (Å²) in [7, 11) is -3.39. The van der Waals surface area contributed by atoms with Crippen molar-refractivity contribution >= 4 is 27.4 Å². The molecule has 1 aromatic rings. The Hall–Kier alpha value is -1.84. The zero-order chi connectivity index (χ0) is 22.5. The molecule has 1 aliphatic heterocycles. The van der Waals surface area contributed by atoms with Gasteiger partial charge in [-0.1, -0.05) is 6.92 Å². The van der Waals surface area contributed by atoms with E-state index in [1.807, 2.05) is 31.2 Å². The molecule has 0 bridgehead atoms. The Labute approximate surface area is 180 Å². The maximum Gasteiger partial charge on any atom is 0.319 e. The van der Waals surface area contributed by atoms with E-state index in [2.05, 4.69) is 34.1 Å². The molecule has 8 nitrogen and oxygen atoms in total. The molecule has 170 valence electrons. The van der Waals surface area contributed by atoms with Crippen molar-refractivity contribution in [3.05, 3.63) is 24.3 Å². The molecule has 2 unspecified atom stereocenters. The molecule has 3 atom stereocenters. The SMILES string of the molecule is CC(CNC(=O)Nc1ccc(N2CC(C)O[C@@H](C)C2)cc1)CNS(=O)(=O)C(C)(C)C. The van der Waals surface area contributed by atoms with Crippen LogP contribution in [0.25, 0.3) is 0 Å². The summed E-state index contributed by atoms with van der Waals surface area (Å²) < 4.78 is 31.7. The van der Waals surface area contributed by atoms with E-state index < -0.39 is 14.8 Å². The lowest BCUT2D eigenvalue weighted by atomic mass is 10.2. The third kappa shape index (κ3) is 7.14. The highest BCUT2D eigenvalue weighted by atomic mass is 32.2. The molecule has 2 rings (SSSR count). The first-order valence-electron chi connectivity index (χ1n) is 10.4. The summed E-state index contributed by atoms with van der Waals surface area (Å²) in [5.74, 6) is -0.0412. The minimum Gasteiger partial charge on any atom is -0.372 e. The summed E-state index contributed by atoms with van der Waals surface area (Å²) in [6.07, 6.45) is 0.374. The van der Waals surface area contributed by atoms with E-state index in [1.165, 1.54) is 0 Å². The van der Waals surface area contributed by atoms with Crippen LogP contribution >= 0.6 is 0 Å². The molecule has 0 radical (unpaired) electrons. The summed E-state index contributed by atoms with van der Waals surface area (Å²) >= 11 is 0. The highest BCUT2D eigenvalue weighted by Gasteiger charge is 2.28. The van der Waals surface area contributed by atoms with Gasteiger partial charge in [0.1, 0.15) is 0 Å². The van der Waals surface area contributed by atoms with Crippen LogP contribution in [0.1, 0.15) is 41.5 Å². The second-order valence-corrected chi connectivity index (χ2v) is 11.6. The number of amides is 2. The molecule has 1 saturated heterocycles. The predicted molar refractivity (Wildman–Crippen MR) is 122 cm³/mol. The van der Waals surface area contributed by atoms with Crippen LogP contribution in [0.5, 0.6) is 0 Å². The number of ether oxygens (including phenoxy) is 1. The van der Waals surface area contributed by atoms with E-state index >= 15 is 0 Å². The molecule has 2 amide bonds. The number of rotatable bonds is 7. The molecule has 3 N–H and O–H groups in total. The quantitative estimate of drug-likeness (QED) is 0.605. The van der Waals surface area contributed by atoms with E-state index in [-0.39, 0.29) is 30.7 Å². The number of nitrogens with one attached hydrogen (secondary N) is 3. The first-order valence-corrected chi connectivity index (χ1v) is 11.9. The van der Waals surface area contributed by atoms with Crippen LogP contribution in [-0.4, -0.2) is 57.6 Å². The van der Waals surface area contributed by atoms with Crippen molar-refractivity contribution in [1.82, 2.24) is 10.0 Å². The van der Waals surface area contributed by atoms with Crippen LogP contribution in [0.3, 0.4) is 0 Å². The molecular formula is C21H36N4O4S. The highest BCUT2D eigenvalue weighted by Crippen LogP contribution is 2.22. The van der Waals surface area contributed by atoms with Gasteiger partial charge in [-0.05, 0) is 64.8 Å². The number of urea groups is 1. The van der Waals surface area contributed by atoms with E-state index in [4.69, 9.17) is 4.74 Å². The van der Waals surface area contributed by atoms with Crippen LogP contribution < -0.4 is 20.3 Å². The van der Waals surface area contributed by atoms with Gasteiger partial charge in [0.05, 0.1) is 17.0 Å². The number of carbonyl (C=O) groups is 1. The van der Waals surface area contributed by atoms with Crippen molar-refractivity contribution in [2.75, 3.05) is 36.4 Å². The Morgan fingerprint density at radius 2 is 1.70 bits per heavy atom. The number of hydrogen-bond donors (Lipinski definition) is 3. The summed E-state index contributed by atoms with van der Waals surface area (Å²) in [6.45, 7) is 13.3. The van der Waals surface area contributed by atoms with Crippen molar-refractivity contribution in [3.63, 3.8) is 0 Å². The number of carbonyl (C=O) groups excluding carboxylic acids is 1. The number of anilines is 2. The van der Waals surface area contributed by atoms with Gasteiger partial charge < -0.3 is 20.3 Å². The molecule has 0 saturated carbocycles. The lowest BCUT2D eigenvalue weighted by Gasteiger charge is -2.36. The summed E-state index contributed by atoms with van der Waals surface area (Å²) in [6, 6.07) is 7.41. The normalized spacial score (nSPS) is 21.2. The maximum atomic E-state index is 12.2. The maximum absolute atomic E-state index is 12.2. The third-order valence-electron chi connectivity index (χ3n) is 4.95. The van der Waals surface area contributed by atoms with Gasteiger partial charge in [-0.3, -0.25) is 0 Å². The molecule has 9 heteroatoms. The minimum atomic E-state index is -3.39. The Balaban J connectivity index is 1.78. The van der Waals surface area contributed by atoms with Gasteiger partial charge in [0, 0.05) is 37.6 Å². The van der Waals surface area contributed by atoms with Crippen molar-refractivity contribution in [2.45, 2.75) is 58.5 Å². The van der Waals surface area contributed by atoms with Crippen LogP contribution in [0.15, 0.2) is 24.3 Å². The zero-order valence-electron chi connectivity index (χ0n) is 18.9. The lowest BCUT2D eigenvalue weighted by Crippen LogP contribution is -2.45. The van der Waals surface area contributed by atoms with Crippen molar-refractivity contribution in [3.8, 4) is 0 Å². The van der Waals surface area contributed by atoms with Gasteiger partial charge in [-0.2, -0.15) is 0 Å². The summed E-state index contributed by atoms with van der Waals surface area (Å²) in [5, 5.41) is 5.59. The monoisotopic (exact) mass is 440 g/mol. The fraction of sp³-hybridized carbons (Fsp3) is 0.667. The fourth-order valence-corrected chi connectivity index (χ4v) is 4.06. The largest absolute Gasteiger partial charge is 0.372 e. The van der Waals surface area contributed by atoms with Gasteiger partial charge in [0.25, 0.3) is 0 Å². The van der Waals surface area contributed by atoms with Crippen molar-refractivity contribution in [2.24, 2.45) is 5.92 Å². The second-order valence-electron chi connectivity index (χ2n) is 9.11. The molecule has 30 heavy (non-hydrogen) atoms. The minimum absolute atomic E-state index is 0.0412. The number of benzene rings is 1. The third-order valence-corrected chi connectivity index (χ3v) is 7.11. The molecule has 1 aromatic carbocycles. The second kappa shape index (κ2) is 9.98. The lowest BCUT2D eigenvalue weighted by molar-refractivity contribution is -0.00521. The van der Waals surface area contributed by atoms with Gasteiger partial charge in [-0.15, -0.1) is 0 Å². The standard InChI is InChI=1S/C21H36N4O4S/c1-15(12-23-30(27,28)21(4,5)6)11-22-20(26)24-18-7-9-19(10-8-18)25-13-16(2)29-17(3)14-25/h7-10,15-17,23H,11-14H2,1-6H3,(H2,22,24,26)/t15?,16-,17?/m0/s1. The molecule has 1 aliphatic rings. The van der Waals surface area contributed by atoms with Crippen LogP contribution in [0, 0.1) is 5.92 Å². The molecule has 0 aromatic heterocycles. The average molecular weight is 441 g/mol. The van der Waals surface area contributed by atoms with Gasteiger partial charge in [-0.25, -0.2) is 17.9 Å². The molecular weight excluding hydrogens is 404 g/mol. The van der Waals surface area contributed by atoms with E-state index in [1.54, 1.807) is 20.8 Å². The highest BCUT2D eigenvalue weighted by molar-refractivity contribution is 7.90. The smallest absolute Gasteiger partial charge is 0.319 e. The number of nitrogens with zero attached hydrogens (tertiary/aromatic N) is 1. The van der Waals surface area contributed by atoms with Crippen molar-refractivity contribution < 1.29 is 17.9 Å². The van der Waals surface area contributed by atoms with Crippen LogP contribution in [0.4, 0.5) is 16.2 Å². The molecule has 0 aliphatic carbocycles. The van der Waals surface area contributed by atoms with Gasteiger partial charge >= 0.3 is 6.03 Å². The predicted octanol–water partition coefficient (Wildman–Crippen LogP) is 2.78. The van der Waals surface area contributed by atoms with E-state index in [9.17, 15) is 13.2 Å². The Morgan fingerprint density at radius 3 is 2.23 bits per heavy atom. The Morgan fingerprint density at radius 1 is 1.13 bits per heavy atom. The van der Waals surface area contributed by atoms with E-state index in [0.717, 1.165) is 18.8 Å². The van der Waals surface area contributed by atoms with E-state index in [0.29, 0.717) is 12.2 Å². The number of morpholine rings is 1. The Kier molecular flexibility index (Phi) is 8.13. The Bertz CT molecular complexity index is 795. The number of sulfonamides is 1. The number of hydrogen-bond acceptors (Lipinski definition) is 5. The fourth-order valence-electron chi connectivity index (χ4n) is 3.13. The first-order chi connectivity index (χ1) is 13.9. The summed E-state index contributed by atoms with van der Waals surface area (Å²) in [5.41, 5.74) is 1.80.